The second-order valence-electron chi connectivity index (χ2n) is 6.34. The van der Waals surface area contributed by atoms with Crippen molar-refractivity contribution in [2.45, 2.75) is 26.2 Å². The van der Waals surface area contributed by atoms with Crippen LogP contribution in [0.4, 0.5) is 0 Å². The Kier molecular flexibility index (Phi) is 6.01. The minimum absolute atomic E-state index is 0.00114. The number of rotatable bonds is 8. The number of methoxy groups -OCH3 is 1. The number of para-hydroxylation sites is 1. The number of hydrogen-bond acceptors (Lipinski definition) is 3. The van der Waals surface area contributed by atoms with Crippen molar-refractivity contribution in [2.75, 3.05) is 20.3 Å². The maximum atomic E-state index is 11.9. The number of H-pyrrole nitrogens is 1. The number of aromatic amines is 1. The fraction of sp³-hybridized carbons (Fsp3) is 0.318. The SMILES string of the molecule is CCOc1ccc(C(CNC(=O)CC)c2c[nH]c3ccccc23)cc1OC. The van der Waals surface area contributed by atoms with E-state index in [2.05, 4.69) is 22.4 Å². The predicted molar refractivity (Wildman–Crippen MR) is 108 cm³/mol. The zero-order chi connectivity index (χ0) is 19.2. The largest absolute Gasteiger partial charge is 0.493 e. The Labute approximate surface area is 159 Å². The molecule has 1 heterocycles. The van der Waals surface area contributed by atoms with E-state index < -0.39 is 0 Å². The van der Waals surface area contributed by atoms with Crippen molar-refractivity contribution < 1.29 is 14.3 Å². The number of carbonyl (C=O) groups excluding carboxylic acids is 1. The predicted octanol–water partition coefficient (Wildman–Crippen LogP) is 4.23. The molecule has 1 unspecified atom stereocenters. The number of benzene rings is 2. The number of aromatic nitrogens is 1. The molecule has 0 aliphatic rings. The van der Waals surface area contributed by atoms with Crippen LogP contribution in [0.3, 0.4) is 0 Å². The van der Waals surface area contributed by atoms with E-state index in [-0.39, 0.29) is 11.8 Å². The van der Waals surface area contributed by atoms with Gasteiger partial charge in [0.1, 0.15) is 0 Å². The monoisotopic (exact) mass is 366 g/mol. The Morgan fingerprint density at radius 2 is 1.96 bits per heavy atom. The molecule has 3 rings (SSSR count). The average Bonchev–Trinajstić information content (AvgIpc) is 3.13. The second-order valence-corrected chi connectivity index (χ2v) is 6.34. The smallest absolute Gasteiger partial charge is 0.219 e. The molecule has 1 atom stereocenters. The van der Waals surface area contributed by atoms with Crippen LogP contribution in [0.1, 0.15) is 37.3 Å². The third kappa shape index (κ3) is 4.08. The van der Waals surface area contributed by atoms with Crippen LogP contribution >= 0.6 is 0 Å². The molecule has 0 aliphatic carbocycles. The van der Waals surface area contributed by atoms with Gasteiger partial charge in [-0.05, 0) is 36.2 Å². The zero-order valence-corrected chi connectivity index (χ0v) is 16.0. The lowest BCUT2D eigenvalue weighted by Crippen LogP contribution is -2.28. The molecule has 27 heavy (non-hydrogen) atoms. The highest BCUT2D eigenvalue weighted by Crippen LogP contribution is 2.35. The number of carbonyl (C=O) groups is 1. The standard InChI is InChI=1S/C22H26N2O3/c1-4-22(25)24-13-17(18-14-23-19-9-7-6-8-16(18)19)15-10-11-20(27-5-2)21(12-15)26-3/h6-12,14,17,23H,4-5,13H2,1-3H3,(H,24,25). The van der Waals surface area contributed by atoms with Gasteiger partial charge in [0.25, 0.3) is 0 Å². The molecular formula is C22H26N2O3. The number of fused-ring (bicyclic) bond motifs is 1. The second kappa shape index (κ2) is 8.62. The van der Waals surface area contributed by atoms with Crippen LogP contribution in [0.15, 0.2) is 48.7 Å². The van der Waals surface area contributed by atoms with Gasteiger partial charge in [0.2, 0.25) is 5.91 Å². The fourth-order valence-corrected chi connectivity index (χ4v) is 3.31. The first-order valence-corrected chi connectivity index (χ1v) is 9.31. The molecule has 0 spiro atoms. The van der Waals surface area contributed by atoms with Gasteiger partial charge in [-0.25, -0.2) is 0 Å². The van der Waals surface area contributed by atoms with E-state index in [9.17, 15) is 4.79 Å². The summed E-state index contributed by atoms with van der Waals surface area (Å²) in [5.74, 6) is 1.46. The summed E-state index contributed by atoms with van der Waals surface area (Å²) in [5.41, 5.74) is 3.29. The van der Waals surface area contributed by atoms with Crippen LogP contribution in [0.25, 0.3) is 10.9 Å². The van der Waals surface area contributed by atoms with E-state index in [1.54, 1.807) is 7.11 Å². The van der Waals surface area contributed by atoms with E-state index in [4.69, 9.17) is 9.47 Å². The van der Waals surface area contributed by atoms with Gasteiger partial charge in [-0.1, -0.05) is 31.2 Å². The van der Waals surface area contributed by atoms with Crippen LogP contribution in [0, 0.1) is 0 Å². The number of ether oxygens (including phenoxy) is 2. The third-order valence-electron chi connectivity index (χ3n) is 4.71. The van der Waals surface area contributed by atoms with Gasteiger partial charge < -0.3 is 19.8 Å². The Morgan fingerprint density at radius 1 is 1.15 bits per heavy atom. The molecule has 5 nitrogen and oxygen atoms in total. The van der Waals surface area contributed by atoms with Crippen molar-refractivity contribution in [3.63, 3.8) is 0 Å². The summed E-state index contributed by atoms with van der Waals surface area (Å²) in [6, 6.07) is 14.2. The summed E-state index contributed by atoms with van der Waals surface area (Å²) >= 11 is 0. The van der Waals surface area contributed by atoms with Gasteiger partial charge in [0, 0.05) is 36.0 Å². The Bertz CT molecular complexity index is 917. The molecule has 1 amide bonds. The molecule has 1 aromatic heterocycles. The molecule has 0 aliphatic heterocycles. The van der Waals surface area contributed by atoms with E-state index in [0.717, 1.165) is 27.8 Å². The highest BCUT2D eigenvalue weighted by molar-refractivity contribution is 5.84. The van der Waals surface area contributed by atoms with Crippen LogP contribution < -0.4 is 14.8 Å². The molecular weight excluding hydrogens is 340 g/mol. The molecule has 0 fully saturated rings. The molecule has 5 heteroatoms. The van der Waals surface area contributed by atoms with Crippen LogP contribution in [0.5, 0.6) is 11.5 Å². The molecule has 0 saturated heterocycles. The van der Waals surface area contributed by atoms with Crippen molar-refractivity contribution in [3.05, 3.63) is 59.8 Å². The van der Waals surface area contributed by atoms with Gasteiger partial charge in [-0.3, -0.25) is 4.79 Å². The van der Waals surface area contributed by atoms with Crippen LogP contribution in [-0.4, -0.2) is 31.2 Å². The van der Waals surface area contributed by atoms with Crippen molar-refractivity contribution >= 4 is 16.8 Å². The molecule has 0 bridgehead atoms. The average molecular weight is 366 g/mol. The van der Waals surface area contributed by atoms with E-state index in [0.29, 0.717) is 25.3 Å². The Balaban J connectivity index is 2.03. The molecule has 0 radical (unpaired) electrons. The maximum Gasteiger partial charge on any atom is 0.219 e. The van der Waals surface area contributed by atoms with Crippen molar-refractivity contribution in [1.82, 2.24) is 10.3 Å². The normalized spacial score (nSPS) is 12.0. The minimum atomic E-state index is 0.00114. The van der Waals surface area contributed by atoms with E-state index in [1.165, 1.54) is 0 Å². The minimum Gasteiger partial charge on any atom is -0.493 e. The summed E-state index contributed by atoms with van der Waals surface area (Å²) in [6.07, 6.45) is 2.49. The van der Waals surface area contributed by atoms with Crippen LogP contribution in [0.2, 0.25) is 0 Å². The highest BCUT2D eigenvalue weighted by Gasteiger charge is 2.20. The first-order valence-electron chi connectivity index (χ1n) is 9.31. The molecule has 2 N–H and O–H groups in total. The van der Waals surface area contributed by atoms with Crippen molar-refractivity contribution in [2.24, 2.45) is 0 Å². The summed E-state index contributed by atoms with van der Waals surface area (Å²) in [6.45, 7) is 4.90. The number of nitrogens with one attached hydrogen (secondary N) is 2. The Morgan fingerprint density at radius 3 is 2.70 bits per heavy atom. The zero-order valence-electron chi connectivity index (χ0n) is 16.0. The lowest BCUT2D eigenvalue weighted by Gasteiger charge is -2.20. The molecule has 3 aromatic rings. The fourth-order valence-electron chi connectivity index (χ4n) is 3.31. The highest BCUT2D eigenvalue weighted by atomic mass is 16.5. The van der Waals surface area contributed by atoms with Gasteiger partial charge >= 0.3 is 0 Å². The topological polar surface area (TPSA) is 63.3 Å². The first kappa shape index (κ1) is 18.8. The summed E-state index contributed by atoms with van der Waals surface area (Å²) in [4.78, 5) is 15.2. The van der Waals surface area contributed by atoms with E-state index >= 15 is 0 Å². The summed E-state index contributed by atoms with van der Waals surface area (Å²) in [7, 11) is 1.64. The Hall–Kier alpha value is -2.95. The van der Waals surface area contributed by atoms with Crippen LogP contribution in [-0.2, 0) is 4.79 Å². The lowest BCUT2D eigenvalue weighted by molar-refractivity contribution is -0.120. The van der Waals surface area contributed by atoms with Gasteiger partial charge in [0.15, 0.2) is 11.5 Å². The lowest BCUT2D eigenvalue weighted by atomic mass is 9.90. The summed E-state index contributed by atoms with van der Waals surface area (Å²) in [5, 5.41) is 4.19. The van der Waals surface area contributed by atoms with E-state index in [1.807, 2.05) is 50.4 Å². The molecule has 2 aromatic carbocycles. The maximum absolute atomic E-state index is 11.9. The quantitative estimate of drug-likeness (QED) is 0.627. The molecule has 0 saturated carbocycles. The third-order valence-corrected chi connectivity index (χ3v) is 4.71. The van der Waals surface area contributed by atoms with Gasteiger partial charge in [-0.2, -0.15) is 0 Å². The number of hydrogen-bond donors (Lipinski definition) is 2. The van der Waals surface area contributed by atoms with Gasteiger partial charge in [-0.15, -0.1) is 0 Å². The van der Waals surface area contributed by atoms with Crippen molar-refractivity contribution in [3.8, 4) is 11.5 Å². The first-order chi connectivity index (χ1) is 13.2. The van der Waals surface area contributed by atoms with Crippen molar-refractivity contribution in [1.29, 1.82) is 0 Å². The molecule has 142 valence electrons. The van der Waals surface area contributed by atoms with Gasteiger partial charge in [0.05, 0.1) is 13.7 Å². The number of amides is 1. The summed E-state index contributed by atoms with van der Waals surface area (Å²) < 4.78 is 11.2.